The van der Waals surface area contributed by atoms with E-state index in [1.807, 2.05) is 25.1 Å². The van der Waals surface area contributed by atoms with Gasteiger partial charge in [-0.25, -0.2) is 4.85 Å². The number of hydrogen-bond donors (Lipinski definition) is 2. The van der Waals surface area contributed by atoms with Crippen molar-refractivity contribution >= 4 is 5.69 Å². The lowest BCUT2D eigenvalue weighted by Gasteiger charge is -2.01. The van der Waals surface area contributed by atoms with Crippen LogP contribution in [0.15, 0.2) is 36.4 Å². The minimum Gasteiger partial charge on any atom is -0.326 e. The number of aryl methyl sites for hydroxylation is 3. The summed E-state index contributed by atoms with van der Waals surface area (Å²) < 4.78 is 0. The number of benzene rings is 2. The fraction of sp³-hybridized carbons (Fsp3) is 0.278. The summed E-state index contributed by atoms with van der Waals surface area (Å²) in [5, 5.41) is 0. The van der Waals surface area contributed by atoms with E-state index >= 15 is 0 Å². The van der Waals surface area contributed by atoms with Gasteiger partial charge in [0, 0.05) is 13.1 Å². The van der Waals surface area contributed by atoms with Gasteiger partial charge in [0.05, 0.1) is 6.57 Å². The minimum absolute atomic E-state index is 0.541. The van der Waals surface area contributed by atoms with Gasteiger partial charge in [0.15, 0.2) is 5.69 Å². The summed E-state index contributed by atoms with van der Waals surface area (Å²) in [6, 6.07) is 12.0. The van der Waals surface area contributed by atoms with Crippen LogP contribution in [0, 0.1) is 27.3 Å². The first-order chi connectivity index (χ1) is 10.0. The lowest BCUT2D eigenvalue weighted by atomic mass is 10.1. The van der Waals surface area contributed by atoms with Crippen LogP contribution in [0.1, 0.15) is 27.8 Å². The highest BCUT2D eigenvalue weighted by Gasteiger charge is 1.96. The predicted octanol–water partition coefficient (Wildman–Crippen LogP) is 3.77. The minimum atomic E-state index is 0.541. The van der Waals surface area contributed by atoms with Crippen molar-refractivity contribution in [1.29, 1.82) is 0 Å². The Bertz CT molecular complexity index is 639. The molecule has 0 aliphatic heterocycles. The van der Waals surface area contributed by atoms with Crippen LogP contribution >= 0.6 is 0 Å². The Kier molecular flexibility index (Phi) is 6.61. The van der Waals surface area contributed by atoms with E-state index in [-0.39, 0.29) is 0 Å². The molecule has 0 atom stereocenters. The molecule has 0 heterocycles. The van der Waals surface area contributed by atoms with Crippen molar-refractivity contribution in [3.8, 4) is 0 Å². The molecule has 0 radical (unpaired) electrons. The van der Waals surface area contributed by atoms with Crippen LogP contribution in [-0.4, -0.2) is 0 Å². The fourth-order valence-electron chi connectivity index (χ4n) is 1.90. The van der Waals surface area contributed by atoms with Gasteiger partial charge in [0.25, 0.3) is 0 Å². The number of nitrogens with two attached hydrogens (primary N) is 2. The molecule has 0 aromatic heterocycles. The highest BCUT2D eigenvalue weighted by atomic mass is 14.6. The molecular formula is C18H23N3. The first-order valence-corrected chi connectivity index (χ1v) is 6.95. The van der Waals surface area contributed by atoms with Gasteiger partial charge < -0.3 is 11.5 Å². The van der Waals surface area contributed by atoms with Gasteiger partial charge in [-0.1, -0.05) is 36.4 Å². The second kappa shape index (κ2) is 8.21. The summed E-state index contributed by atoms with van der Waals surface area (Å²) in [6.07, 6.45) is 0. The van der Waals surface area contributed by atoms with Gasteiger partial charge in [-0.15, -0.1) is 0 Å². The summed E-state index contributed by atoms with van der Waals surface area (Å²) in [4.78, 5) is 3.35. The highest BCUT2D eigenvalue weighted by Crippen LogP contribution is 2.18. The molecule has 2 aromatic rings. The molecule has 0 fully saturated rings. The van der Waals surface area contributed by atoms with E-state index in [9.17, 15) is 0 Å². The zero-order valence-corrected chi connectivity index (χ0v) is 13.0. The highest BCUT2D eigenvalue weighted by molar-refractivity contribution is 5.52. The van der Waals surface area contributed by atoms with E-state index in [0.29, 0.717) is 18.8 Å². The Morgan fingerprint density at radius 1 is 0.810 bits per heavy atom. The molecular weight excluding hydrogens is 258 g/mol. The molecule has 0 aliphatic rings. The van der Waals surface area contributed by atoms with E-state index in [0.717, 1.165) is 11.1 Å². The maximum atomic E-state index is 6.81. The van der Waals surface area contributed by atoms with Crippen LogP contribution in [0.4, 0.5) is 5.69 Å². The second-order valence-corrected chi connectivity index (χ2v) is 5.06. The van der Waals surface area contributed by atoms with Crippen molar-refractivity contribution in [2.45, 2.75) is 33.9 Å². The average molecular weight is 281 g/mol. The molecule has 0 aliphatic carbocycles. The number of rotatable bonds is 2. The fourth-order valence-corrected chi connectivity index (χ4v) is 1.90. The molecule has 0 spiro atoms. The van der Waals surface area contributed by atoms with Crippen molar-refractivity contribution < 1.29 is 0 Å². The maximum absolute atomic E-state index is 6.81. The zero-order valence-electron chi connectivity index (χ0n) is 13.0. The van der Waals surface area contributed by atoms with Gasteiger partial charge in [0.1, 0.15) is 0 Å². The van der Waals surface area contributed by atoms with Crippen LogP contribution in [0.25, 0.3) is 4.85 Å². The predicted molar refractivity (Wildman–Crippen MR) is 89.1 cm³/mol. The second-order valence-electron chi connectivity index (χ2n) is 5.06. The Labute approximate surface area is 127 Å². The Morgan fingerprint density at radius 3 is 1.76 bits per heavy atom. The van der Waals surface area contributed by atoms with Crippen molar-refractivity contribution in [2.24, 2.45) is 11.5 Å². The van der Waals surface area contributed by atoms with Crippen molar-refractivity contribution in [3.63, 3.8) is 0 Å². The number of nitrogens with zero attached hydrogens (tertiary/aromatic N) is 1. The van der Waals surface area contributed by atoms with E-state index < -0.39 is 0 Å². The average Bonchev–Trinajstić information content (AvgIpc) is 2.50. The summed E-state index contributed by atoms with van der Waals surface area (Å²) >= 11 is 0. The summed E-state index contributed by atoms with van der Waals surface area (Å²) in [5.41, 5.74) is 17.6. The monoisotopic (exact) mass is 281 g/mol. The molecule has 0 amide bonds. The van der Waals surface area contributed by atoms with E-state index in [4.69, 9.17) is 18.0 Å². The smallest absolute Gasteiger partial charge is 0.190 e. The molecule has 3 nitrogen and oxygen atoms in total. The van der Waals surface area contributed by atoms with Crippen molar-refractivity contribution in [3.05, 3.63) is 75.6 Å². The van der Waals surface area contributed by atoms with Crippen LogP contribution in [0.2, 0.25) is 0 Å². The summed E-state index contributed by atoms with van der Waals surface area (Å²) in [5.74, 6) is 0. The molecule has 2 aromatic carbocycles. The van der Waals surface area contributed by atoms with Crippen LogP contribution in [0.5, 0.6) is 0 Å². The van der Waals surface area contributed by atoms with Crippen molar-refractivity contribution in [1.82, 2.24) is 0 Å². The van der Waals surface area contributed by atoms with Gasteiger partial charge >= 0.3 is 0 Å². The van der Waals surface area contributed by atoms with Gasteiger partial charge in [-0.3, -0.25) is 0 Å². The SMILES string of the molecule is Cc1ccc(CN)cc1C.[C-]#[N+]c1ccc(CN)cc1C. The van der Waals surface area contributed by atoms with Crippen molar-refractivity contribution in [2.75, 3.05) is 0 Å². The molecule has 21 heavy (non-hydrogen) atoms. The molecule has 2 rings (SSSR count). The molecule has 0 saturated carbocycles. The standard InChI is InChI=1S/C9H10N2.C9H13N/c1-7-5-8(6-10)3-4-9(7)11-2;1-7-3-4-9(6-10)5-8(7)2/h3-5H,6,10H2,1H3;3-5H,6,10H2,1-2H3. The van der Waals surface area contributed by atoms with E-state index in [1.165, 1.54) is 16.7 Å². The summed E-state index contributed by atoms with van der Waals surface area (Å²) in [7, 11) is 0. The zero-order chi connectivity index (χ0) is 15.8. The summed E-state index contributed by atoms with van der Waals surface area (Å²) in [6.45, 7) is 14.1. The maximum Gasteiger partial charge on any atom is 0.190 e. The molecule has 3 heteroatoms. The van der Waals surface area contributed by atoms with Crippen LogP contribution in [-0.2, 0) is 13.1 Å². The largest absolute Gasteiger partial charge is 0.326 e. The third-order valence-corrected chi connectivity index (χ3v) is 3.42. The van der Waals surface area contributed by atoms with Crippen LogP contribution in [0.3, 0.4) is 0 Å². The van der Waals surface area contributed by atoms with Gasteiger partial charge in [-0.05, 0) is 48.6 Å². The molecule has 0 bridgehead atoms. The Morgan fingerprint density at radius 2 is 1.33 bits per heavy atom. The van der Waals surface area contributed by atoms with E-state index in [1.54, 1.807) is 0 Å². The third-order valence-electron chi connectivity index (χ3n) is 3.42. The lowest BCUT2D eigenvalue weighted by Crippen LogP contribution is -1.96. The Hall–Kier alpha value is -2.15. The first-order valence-electron chi connectivity index (χ1n) is 6.95. The number of hydrogen-bond acceptors (Lipinski definition) is 2. The topological polar surface area (TPSA) is 56.4 Å². The third kappa shape index (κ3) is 5.03. The molecule has 4 N–H and O–H groups in total. The van der Waals surface area contributed by atoms with Gasteiger partial charge in [-0.2, -0.15) is 0 Å². The molecule has 110 valence electrons. The van der Waals surface area contributed by atoms with Gasteiger partial charge in [0.2, 0.25) is 0 Å². The quantitative estimate of drug-likeness (QED) is 0.823. The first kappa shape index (κ1) is 16.9. The molecule has 0 unspecified atom stereocenters. The van der Waals surface area contributed by atoms with Crippen LogP contribution < -0.4 is 11.5 Å². The Balaban J connectivity index is 0.000000211. The van der Waals surface area contributed by atoms with E-state index in [2.05, 4.69) is 36.9 Å². The lowest BCUT2D eigenvalue weighted by molar-refractivity contribution is 1.06. The normalized spacial score (nSPS) is 9.52. The molecule has 0 saturated heterocycles.